The van der Waals surface area contributed by atoms with Crippen molar-refractivity contribution in [2.45, 2.75) is 12.7 Å². The second-order valence-corrected chi connectivity index (χ2v) is 4.92. The molecule has 0 amide bonds. The highest BCUT2D eigenvalue weighted by molar-refractivity contribution is 5.71. The molecule has 23 heavy (non-hydrogen) atoms. The van der Waals surface area contributed by atoms with Gasteiger partial charge in [-0.3, -0.25) is 9.78 Å². The van der Waals surface area contributed by atoms with E-state index in [4.69, 9.17) is 0 Å². The van der Waals surface area contributed by atoms with Crippen LogP contribution in [0.3, 0.4) is 0 Å². The van der Waals surface area contributed by atoms with Crippen LogP contribution in [0.1, 0.15) is 11.4 Å². The number of H-pyrrole nitrogens is 1. The molecule has 3 rings (SSSR count). The maximum Gasteiger partial charge on any atom is 0.449 e. The summed E-state index contributed by atoms with van der Waals surface area (Å²) in [4.78, 5) is 21.7. The lowest BCUT2D eigenvalue weighted by Crippen LogP contribution is -2.14. The lowest BCUT2D eigenvalue weighted by molar-refractivity contribution is -0.146. The number of nitrogens with zero attached hydrogens (tertiary/aromatic N) is 3. The Bertz CT molecular complexity index is 898. The van der Waals surface area contributed by atoms with Crippen LogP contribution in [0.25, 0.3) is 11.2 Å². The first kappa shape index (κ1) is 15.1. The van der Waals surface area contributed by atoms with Gasteiger partial charge in [0.1, 0.15) is 0 Å². The molecule has 0 unspecified atom stereocenters. The van der Waals surface area contributed by atoms with E-state index >= 15 is 0 Å². The summed E-state index contributed by atoms with van der Waals surface area (Å²) in [5, 5.41) is 2.88. The lowest BCUT2D eigenvalue weighted by Gasteiger charge is -2.06. The third kappa shape index (κ3) is 2.89. The van der Waals surface area contributed by atoms with Crippen LogP contribution in [0.5, 0.6) is 0 Å². The molecule has 0 saturated heterocycles. The van der Waals surface area contributed by atoms with Gasteiger partial charge in [-0.05, 0) is 5.56 Å². The highest BCUT2D eigenvalue weighted by atomic mass is 19.4. The zero-order valence-corrected chi connectivity index (χ0v) is 12.0. The number of anilines is 1. The number of imidazole rings is 1. The summed E-state index contributed by atoms with van der Waals surface area (Å²) in [6.07, 6.45) is -4.65. The van der Waals surface area contributed by atoms with Crippen LogP contribution in [-0.4, -0.2) is 19.5 Å². The number of nitrogens with one attached hydrogen (secondary N) is 2. The molecular formula is C14H12F3N5O. The van der Waals surface area contributed by atoms with Crippen molar-refractivity contribution < 1.29 is 13.2 Å². The van der Waals surface area contributed by atoms with Crippen LogP contribution in [0.4, 0.5) is 19.1 Å². The molecule has 0 aliphatic carbocycles. The average Bonchev–Trinajstić information content (AvgIpc) is 2.84. The summed E-state index contributed by atoms with van der Waals surface area (Å²) in [5.74, 6) is -1.08. The standard InChI is InChI=1S/C14H12F3N5O/c1-22-10-9(19-12(22)14(15,16)17)11(23)21-13(20-10)18-7-8-5-3-2-4-6-8/h2-6H,7H2,1H3,(H2,18,20,21,23). The average molecular weight is 323 g/mol. The lowest BCUT2D eigenvalue weighted by atomic mass is 10.2. The molecule has 0 saturated carbocycles. The Kier molecular flexibility index (Phi) is 3.55. The predicted octanol–water partition coefficient (Wildman–Crippen LogP) is 2.29. The Labute approximate surface area is 128 Å². The molecule has 2 N–H and O–H groups in total. The topological polar surface area (TPSA) is 75.6 Å². The zero-order valence-electron chi connectivity index (χ0n) is 12.0. The van der Waals surface area contributed by atoms with Crippen LogP contribution in [0.15, 0.2) is 35.1 Å². The summed E-state index contributed by atoms with van der Waals surface area (Å²) in [6, 6.07) is 9.31. The highest BCUT2D eigenvalue weighted by Crippen LogP contribution is 2.29. The van der Waals surface area contributed by atoms with Crippen molar-refractivity contribution in [3.8, 4) is 0 Å². The molecule has 0 fully saturated rings. The molecule has 0 radical (unpaired) electrons. The van der Waals surface area contributed by atoms with Gasteiger partial charge in [-0.25, -0.2) is 4.98 Å². The van der Waals surface area contributed by atoms with Crippen molar-refractivity contribution >= 4 is 17.1 Å². The molecule has 120 valence electrons. The van der Waals surface area contributed by atoms with Crippen molar-refractivity contribution in [2.24, 2.45) is 7.05 Å². The first-order valence-electron chi connectivity index (χ1n) is 6.68. The van der Waals surface area contributed by atoms with Crippen molar-refractivity contribution in [1.82, 2.24) is 19.5 Å². The minimum Gasteiger partial charge on any atom is -0.352 e. The summed E-state index contributed by atoms with van der Waals surface area (Å²) in [6.45, 7) is 0.374. The van der Waals surface area contributed by atoms with Gasteiger partial charge in [-0.1, -0.05) is 30.3 Å². The minimum atomic E-state index is -4.65. The van der Waals surface area contributed by atoms with E-state index in [2.05, 4.69) is 20.3 Å². The van der Waals surface area contributed by atoms with E-state index in [0.717, 1.165) is 10.1 Å². The van der Waals surface area contributed by atoms with E-state index in [0.29, 0.717) is 6.54 Å². The molecule has 0 aliphatic heterocycles. The fourth-order valence-corrected chi connectivity index (χ4v) is 2.19. The van der Waals surface area contributed by atoms with Gasteiger partial charge in [0.15, 0.2) is 11.2 Å². The summed E-state index contributed by atoms with van der Waals surface area (Å²) in [5.41, 5.74) is -0.255. The van der Waals surface area contributed by atoms with E-state index in [1.807, 2.05) is 30.3 Å². The molecule has 1 aromatic carbocycles. The molecular weight excluding hydrogens is 311 g/mol. The van der Waals surface area contributed by atoms with E-state index < -0.39 is 17.6 Å². The molecule has 0 aliphatic rings. The summed E-state index contributed by atoms with van der Waals surface area (Å²) >= 11 is 0. The predicted molar refractivity (Wildman–Crippen MR) is 77.9 cm³/mol. The summed E-state index contributed by atoms with van der Waals surface area (Å²) in [7, 11) is 1.17. The SMILES string of the molecule is Cn1c(C(F)(F)F)nc2c(=O)[nH]c(NCc3ccccc3)nc21. The monoisotopic (exact) mass is 323 g/mol. The van der Waals surface area contributed by atoms with E-state index in [1.54, 1.807) is 0 Å². The van der Waals surface area contributed by atoms with Crippen LogP contribution in [0, 0.1) is 0 Å². The van der Waals surface area contributed by atoms with Gasteiger partial charge in [0.05, 0.1) is 0 Å². The Morgan fingerprint density at radius 1 is 1.22 bits per heavy atom. The number of aromatic amines is 1. The Morgan fingerprint density at radius 3 is 2.57 bits per heavy atom. The molecule has 2 aromatic heterocycles. The largest absolute Gasteiger partial charge is 0.449 e. The van der Waals surface area contributed by atoms with E-state index in [9.17, 15) is 18.0 Å². The zero-order chi connectivity index (χ0) is 16.6. The number of hydrogen-bond acceptors (Lipinski definition) is 4. The Hall–Kier alpha value is -2.84. The molecule has 2 heterocycles. The van der Waals surface area contributed by atoms with Crippen LogP contribution >= 0.6 is 0 Å². The number of hydrogen-bond donors (Lipinski definition) is 2. The normalized spacial score (nSPS) is 11.8. The maximum absolute atomic E-state index is 12.8. The van der Waals surface area contributed by atoms with Gasteiger partial charge >= 0.3 is 6.18 Å². The van der Waals surface area contributed by atoms with E-state index in [1.165, 1.54) is 7.05 Å². The van der Waals surface area contributed by atoms with Crippen LogP contribution in [0.2, 0.25) is 0 Å². The van der Waals surface area contributed by atoms with Gasteiger partial charge in [-0.2, -0.15) is 18.2 Å². The van der Waals surface area contributed by atoms with E-state index in [-0.39, 0.29) is 17.1 Å². The molecule has 6 nitrogen and oxygen atoms in total. The smallest absolute Gasteiger partial charge is 0.352 e. The number of benzene rings is 1. The van der Waals surface area contributed by atoms with Gasteiger partial charge in [-0.15, -0.1) is 0 Å². The van der Waals surface area contributed by atoms with Gasteiger partial charge < -0.3 is 9.88 Å². The van der Waals surface area contributed by atoms with Gasteiger partial charge in [0, 0.05) is 13.6 Å². The number of aromatic nitrogens is 4. The molecule has 3 aromatic rings. The van der Waals surface area contributed by atoms with Crippen molar-refractivity contribution in [3.05, 3.63) is 52.1 Å². The van der Waals surface area contributed by atoms with Gasteiger partial charge in [0.25, 0.3) is 5.56 Å². The summed E-state index contributed by atoms with van der Waals surface area (Å²) < 4.78 is 39.3. The van der Waals surface area contributed by atoms with Crippen LogP contribution in [-0.2, 0) is 19.8 Å². The molecule has 0 atom stereocenters. The fourth-order valence-electron chi connectivity index (χ4n) is 2.19. The van der Waals surface area contributed by atoms with Crippen LogP contribution < -0.4 is 10.9 Å². The highest BCUT2D eigenvalue weighted by Gasteiger charge is 2.37. The molecule has 0 bridgehead atoms. The maximum atomic E-state index is 12.8. The third-order valence-electron chi connectivity index (χ3n) is 3.29. The second kappa shape index (κ2) is 5.41. The number of alkyl halides is 3. The van der Waals surface area contributed by atoms with Crippen molar-refractivity contribution in [3.63, 3.8) is 0 Å². The molecule has 0 spiro atoms. The van der Waals surface area contributed by atoms with Gasteiger partial charge in [0.2, 0.25) is 11.8 Å². The van der Waals surface area contributed by atoms with Crippen molar-refractivity contribution in [2.75, 3.05) is 5.32 Å². The number of aryl methyl sites for hydroxylation is 1. The number of rotatable bonds is 3. The number of fused-ring (bicyclic) bond motifs is 1. The fraction of sp³-hybridized carbons (Fsp3) is 0.214. The molecule has 9 heteroatoms. The third-order valence-corrected chi connectivity index (χ3v) is 3.29. The second-order valence-electron chi connectivity index (χ2n) is 4.92. The quantitative estimate of drug-likeness (QED) is 0.775. The number of halogens is 3. The minimum absolute atomic E-state index is 0.0862. The Balaban J connectivity index is 1.97. The first-order chi connectivity index (χ1) is 10.9. The first-order valence-corrected chi connectivity index (χ1v) is 6.68. The Morgan fingerprint density at radius 2 is 1.91 bits per heavy atom. The van der Waals surface area contributed by atoms with Crippen molar-refractivity contribution in [1.29, 1.82) is 0 Å².